The molecule has 1 N–H and O–H groups in total. The smallest absolute Gasteiger partial charge is 0.222 e. The lowest BCUT2D eigenvalue weighted by Crippen LogP contribution is -2.31. The van der Waals surface area contributed by atoms with E-state index in [4.69, 9.17) is 0 Å². The molecule has 0 bridgehead atoms. The molecule has 0 aliphatic carbocycles. The van der Waals surface area contributed by atoms with Crippen molar-refractivity contribution < 1.29 is 4.79 Å². The van der Waals surface area contributed by atoms with Gasteiger partial charge in [0.05, 0.1) is 6.04 Å². The van der Waals surface area contributed by atoms with E-state index in [-0.39, 0.29) is 11.9 Å². The summed E-state index contributed by atoms with van der Waals surface area (Å²) in [5.74, 6) is 1.21. The van der Waals surface area contributed by atoms with Crippen LogP contribution in [0.2, 0.25) is 0 Å². The van der Waals surface area contributed by atoms with Gasteiger partial charge >= 0.3 is 0 Å². The molecule has 1 atom stereocenters. The third kappa shape index (κ3) is 4.37. The van der Waals surface area contributed by atoms with Crippen molar-refractivity contribution >= 4 is 5.91 Å². The topological polar surface area (TPSA) is 90.5 Å². The van der Waals surface area contributed by atoms with Crippen molar-refractivity contribution in [3.63, 3.8) is 0 Å². The molecule has 0 radical (unpaired) electrons. The third-order valence-electron chi connectivity index (χ3n) is 3.16. The number of hydrogen-bond acceptors (Lipinski definition) is 5. The normalized spacial score (nSPS) is 12.6. The first-order chi connectivity index (χ1) is 10.1. The van der Waals surface area contributed by atoms with Crippen molar-refractivity contribution in [1.82, 2.24) is 34.8 Å². The average molecular weight is 291 g/mol. The molecule has 2 aromatic heterocycles. The summed E-state index contributed by atoms with van der Waals surface area (Å²) in [6, 6.07) is -0.120. The summed E-state index contributed by atoms with van der Waals surface area (Å²) in [7, 11) is 1.83. The first kappa shape index (κ1) is 15.1. The monoisotopic (exact) mass is 291 g/mol. The van der Waals surface area contributed by atoms with Crippen LogP contribution in [0.3, 0.4) is 0 Å². The van der Waals surface area contributed by atoms with Gasteiger partial charge in [-0.15, -0.1) is 10.2 Å². The van der Waals surface area contributed by atoms with Crippen LogP contribution < -0.4 is 5.32 Å². The van der Waals surface area contributed by atoms with Crippen molar-refractivity contribution in [3.05, 3.63) is 24.8 Å². The summed E-state index contributed by atoms with van der Waals surface area (Å²) >= 11 is 0. The van der Waals surface area contributed by atoms with E-state index in [0.29, 0.717) is 18.9 Å². The van der Waals surface area contributed by atoms with Crippen LogP contribution in [0.15, 0.2) is 19.0 Å². The maximum absolute atomic E-state index is 12.1. The summed E-state index contributed by atoms with van der Waals surface area (Å²) in [5.41, 5.74) is 0. The molecule has 0 fully saturated rings. The second kappa shape index (κ2) is 6.96. The molecule has 2 rings (SSSR count). The van der Waals surface area contributed by atoms with Crippen LogP contribution in [0.1, 0.15) is 38.6 Å². The lowest BCUT2D eigenvalue weighted by molar-refractivity contribution is -0.122. The van der Waals surface area contributed by atoms with Gasteiger partial charge in [0.15, 0.2) is 0 Å². The molecule has 2 heterocycles. The minimum Gasteiger partial charge on any atom is -0.346 e. The number of amides is 1. The summed E-state index contributed by atoms with van der Waals surface area (Å²) in [4.78, 5) is 16.4. The number of hydrogen-bond donors (Lipinski definition) is 1. The third-order valence-corrected chi connectivity index (χ3v) is 3.16. The van der Waals surface area contributed by atoms with Crippen LogP contribution in [-0.4, -0.2) is 35.4 Å². The molecule has 0 saturated heterocycles. The molecular weight excluding hydrogens is 270 g/mol. The summed E-state index contributed by atoms with van der Waals surface area (Å²) in [5, 5.41) is 14.5. The van der Waals surface area contributed by atoms with E-state index in [1.807, 2.05) is 7.05 Å². The van der Waals surface area contributed by atoms with Crippen LogP contribution in [0.4, 0.5) is 0 Å². The zero-order valence-electron chi connectivity index (χ0n) is 12.6. The largest absolute Gasteiger partial charge is 0.346 e. The Morgan fingerprint density at radius 2 is 2.05 bits per heavy atom. The lowest BCUT2D eigenvalue weighted by atomic mass is 10.0. The SMILES string of the molecule is CC(C)CC(NC(=O)CCn1cnnc1)c1ncnn1C. The Hall–Kier alpha value is -2.25. The molecule has 0 spiro atoms. The molecule has 114 valence electrons. The Morgan fingerprint density at radius 1 is 1.33 bits per heavy atom. The number of rotatable bonds is 7. The van der Waals surface area contributed by atoms with E-state index in [1.165, 1.54) is 6.33 Å². The second-order valence-corrected chi connectivity index (χ2v) is 5.44. The number of nitrogens with one attached hydrogen (secondary N) is 1. The first-order valence-electron chi connectivity index (χ1n) is 7.02. The van der Waals surface area contributed by atoms with Gasteiger partial charge in [-0.05, 0) is 12.3 Å². The van der Waals surface area contributed by atoms with E-state index >= 15 is 0 Å². The number of carbonyl (C=O) groups excluding carboxylic acids is 1. The first-order valence-corrected chi connectivity index (χ1v) is 7.02. The van der Waals surface area contributed by atoms with Gasteiger partial charge in [0.1, 0.15) is 24.8 Å². The van der Waals surface area contributed by atoms with Crippen LogP contribution >= 0.6 is 0 Å². The van der Waals surface area contributed by atoms with E-state index in [1.54, 1.807) is 21.9 Å². The quantitative estimate of drug-likeness (QED) is 0.811. The minimum atomic E-state index is -0.120. The van der Waals surface area contributed by atoms with Gasteiger partial charge in [0.25, 0.3) is 0 Å². The fraction of sp³-hybridized carbons (Fsp3) is 0.615. The number of aromatic nitrogens is 6. The fourth-order valence-electron chi connectivity index (χ4n) is 2.16. The standard InChI is InChI=1S/C13H21N7O/c1-10(2)6-11(13-14-7-17-19(13)3)18-12(21)4-5-20-8-15-16-9-20/h7-11H,4-6H2,1-3H3,(H,18,21). The Bertz CT molecular complexity index is 561. The molecule has 1 unspecified atom stereocenters. The van der Waals surface area contributed by atoms with Gasteiger partial charge in [-0.3, -0.25) is 9.48 Å². The molecule has 0 aliphatic heterocycles. The van der Waals surface area contributed by atoms with Gasteiger partial charge in [-0.2, -0.15) is 5.10 Å². The average Bonchev–Trinajstić information content (AvgIpc) is 3.06. The van der Waals surface area contributed by atoms with Crippen molar-refractivity contribution in [2.75, 3.05) is 0 Å². The molecule has 0 aromatic carbocycles. The van der Waals surface area contributed by atoms with Crippen molar-refractivity contribution in [1.29, 1.82) is 0 Å². The highest BCUT2D eigenvalue weighted by Gasteiger charge is 2.20. The van der Waals surface area contributed by atoms with Crippen LogP contribution in [0.25, 0.3) is 0 Å². The summed E-state index contributed by atoms with van der Waals surface area (Å²) in [6.45, 7) is 4.80. The van der Waals surface area contributed by atoms with E-state index in [0.717, 1.165) is 12.2 Å². The van der Waals surface area contributed by atoms with Gasteiger partial charge in [0.2, 0.25) is 5.91 Å². The van der Waals surface area contributed by atoms with Crippen molar-refractivity contribution in [2.24, 2.45) is 13.0 Å². The zero-order chi connectivity index (χ0) is 15.2. The van der Waals surface area contributed by atoms with E-state index < -0.39 is 0 Å². The molecule has 0 saturated carbocycles. The highest BCUT2D eigenvalue weighted by Crippen LogP contribution is 2.18. The fourth-order valence-corrected chi connectivity index (χ4v) is 2.16. The summed E-state index contributed by atoms with van der Waals surface area (Å²) in [6.07, 6.45) is 5.91. The Labute approximate surface area is 123 Å². The maximum atomic E-state index is 12.1. The molecule has 0 aliphatic rings. The van der Waals surface area contributed by atoms with E-state index in [2.05, 4.69) is 39.4 Å². The Morgan fingerprint density at radius 3 is 2.62 bits per heavy atom. The number of carbonyl (C=O) groups is 1. The molecule has 1 amide bonds. The van der Waals surface area contributed by atoms with Crippen LogP contribution in [0, 0.1) is 5.92 Å². The van der Waals surface area contributed by atoms with Gasteiger partial charge in [-0.25, -0.2) is 4.98 Å². The van der Waals surface area contributed by atoms with Crippen molar-refractivity contribution in [2.45, 2.75) is 39.3 Å². The van der Waals surface area contributed by atoms with Crippen molar-refractivity contribution in [3.8, 4) is 0 Å². The minimum absolute atomic E-state index is 0.0163. The molecule has 2 aromatic rings. The van der Waals surface area contributed by atoms with Gasteiger partial charge in [0, 0.05) is 20.0 Å². The Balaban J connectivity index is 1.95. The number of nitrogens with zero attached hydrogens (tertiary/aromatic N) is 6. The van der Waals surface area contributed by atoms with Crippen LogP contribution in [-0.2, 0) is 18.4 Å². The maximum Gasteiger partial charge on any atom is 0.222 e. The lowest BCUT2D eigenvalue weighted by Gasteiger charge is -2.19. The molecule has 21 heavy (non-hydrogen) atoms. The van der Waals surface area contributed by atoms with E-state index in [9.17, 15) is 4.79 Å². The molecular formula is C13H21N7O. The molecule has 8 heteroatoms. The van der Waals surface area contributed by atoms with Gasteiger partial charge in [-0.1, -0.05) is 13.8 Å². The Kier molecular flexibility index (Phi) is 5.02. The highest BCUT2D eigenvalue weighted by atomic mass is 16.1. The van der Waals surface area contributed by atoms with Crippen LogP contribution in [0.5, 0.6) is 0 Å². The summed E-state index contributed by atoms with van der Waals surface area (Å²) < 4.78 is 3.48. The predicted molar refractivity (Wildman–Crippen MR) is 76.0 cm³/mol. The second-order valence-electron chi connectivity index (χ2n) is 5.44. The number of aryl methyl sites for hydroxylation is 2. The predicted octanol–water partition coefficient (Wildman–Crippen LogP) is 0.700. The van der Waals surface area contributed by atoms with Gasteiger partial charge < -0.3 is 9.88 Å². The highest BCUT2D eigenvalue weighted by molar-refractivity contribution is 5.76. The zero-order valence-corrected chi connectivity index (χ0v) is 12.6. The molecule has 8 nitrogen and oxygen atoms in total.